The minimum absolute atomic E-state index is 0.0447. The average molecular weight is 370 g/mol. The summed E-state index contributed by atoms with van der Waals surface area (Å²) in [5, 5.41) is 8.26. The quantitative estimate of drug-likeness (QED) is 0.851. The summed E-state index contributed by atoms with van der Waals surface area (Å²) in [5.74, 6) is -0.386. The fourth-order valence-electron chi connectivity index (χ4n) is 2.88. The van der Waals surface area contributed by atoms with Gasteiger partial charge in [0.2, 0.25) is 12.7 Å². The summed E-state index contributed by atoms with van der Waals surface area (Å²) in [6.07, 6.45) is 0.0447. The number of nitrogens with two attached hydrogens (primary N) is 1. The minimum Gasteiger partial charge on any atom is -0.454 e. The first kappa shape index (κ1) is 16.8. The Bertz CT molecular complexity index is 945. The van der Waals surface area contributed by atoms with Crippen LogP contribution >= 0.6 is 0 Å². The van der Waals surface area contributed by atoms with Crippen LogP contribution in [0.25, 0.3) is 0 Å². The molecule has 4 rings (SSSR count). The van der Waals surface area contributed by atoms with Crippen molar-refractivity contribution in [3.8, 4) is 11.5 Å². The van der Waals surface area contributed by atoms with Crippen molar-refractivity contribution in [2.24, 2.45) is 10.8 Å². The lowest BCUT2D eigenvalue weighted by atomic mass is 10.1. The summed E-state index contributed by atoms with van der Waals surface area (Å²) in [5.41, 5.74) is 6.55. The molecule has 2 heterocycles. The number of nitrogens with one attached hydrogen (secondary N) is 1. The summed E-state index contributed by atoms with van der Waals surface area (Å²) in [6, 6.07) is 9.59. The molecular weight excluding hydrogens is 355 g/mol. The van der Waals surface area contributed by atoms with Crippen LogP contribution < -0.4 is 25.5 Å². The van der Waals surface area contributed by atoms with Crippen molar-refractivity contribution in [1.82, 2.24) is 0 Å². The van der Waals surface area contributed by atoms with Crippen LogP contribution in [0.15, 0.2) is 47.6 Å². The first-order chi connectivity index (χ1) is 13.0. The molecule has 8 nitrogen and oxygen atoms in total. The first-order valence-corrected chi connectivity index (χ1v) is 8.14. The molecule has 0 saturated carbocycles. The molecule has 27 heavy (non-hydrogen) atoms. The number of nitrogens with zero attached hydrogens (tertiary/aromatic N) is 2. The van der Waals surface area contributed by atoms with E-state index >= 15 is 0 Å². The van der Waals surface area contributed by atoms with Crippen LogP contribution in [0.3, 0.4) is 0 Å². The lowest BCUT2D eigenvalue weighted by Gasteiger charge is -2.20. The average Bonchev–Trinajstić information content (AvgIpc) is 3.29. The molecular formula is C18H15FN4O4. The highest BCUT2D eigenvalue weighted by Crippen LogP contribution is 2.34. The van der Waals surface area contributed by atoms with E-state index in [4.69, 9.17) is 15.2 Å². The van der Waals surface area contributed by atoms with Gasteiger partial charge < -0.3 is 20.5 Å². The Morgan fingerprint density at radius 3 is 2.63 bits per heavy atom. The predicted octanol–water partition coefficient (Wildman–Crippen LogP) is 1.61. The number of hydrogen-bond donors (Lipinski definition) is 2. The molecule has 2 aliphatic heterocycles. The number of fused-ring (bicyclic) bond motifs is 1. The molecule has 0 aromatic heterocycles. The van der Waals surface area contributed by atoms with Gasteiger partial charge in [0, 0.05) is 18.2 Å². The number of ether oxygens (including phenoxy) is 2. The van der Waals surface area contributed by atoms with Crippen LogP contribution in [-0.4, -0.2) is 30.4 Å². The third-order valence-corrected chi connectivity index (χ3v) is 4.22. The number of benzene rings is 2. The largest absolute Gasteiger partial charge is 0.454 e. The summed E-state index contributed by atoms with van der Waals surface area (Å²) in [7, 11) is 0. The zero-order valence-corrected chi connectivity index (χ0v) is 14.0. The van der Waals surface area contributed by atoms with E-state index in [9.17, 15) is 14.0 Å². The van der Waals surface area contributed by atoms with E-state index in [1.54, 1.807) is 18.2 Å². The van der Waals surface area contributed by atoms with Gasteiger partial charge in [0.25, 0.3) is 5.91 Å². The van der Waals surface area contributed by atoms with E-state index in [2.05, 4.69) is 10.4 Å². The Kier molecular flexibility index (Phi) is 4.11. The SMILES string of the molecule is NC(=O)[C@H]1CC(C(=O)Nc2ccc3c(c2)OCO3)=NN1c1ccc(F)cc1. The van der Waals surface area contributed by atoms with Gasteiger partial charge in [-0.3, -0.25) is 14.6 Å². The predicted molar refractivity (Wildman–Crippen MR) is 95.1 cm³/mol. The van der Waals surface area contributed by atoms with Crippen LogP contribution in [-0.2, 0) is 9.59 Å². The Balaban J connectivity index is 1.55. The van der Waals surface area contributed by atoms with Gasteiger partial charge in [-0.25, -0.2) is 4.39 Å². The van der Waals surface area contributed by atoms with E-state index in [1.165, 1.54) is 29.3 Å². The summed E-state index contributed by atoms with van der Waals surface area (Å²) in [6.45, 7) is 0.131. The monoisotopic (exact) mass is 370 g/mol. The maximum atomic E-state index is 13.1. The number of carbonyl (C=O) groups is 2. The van der Waals surface area contributed by atoms with Gasteiger partial charge in [-0.05, 0) is 36.4 Å². The number of rotatable bonds is 4. The van der Waals surface area contributed by atoms with Gasteiger partial charge in [-0.2, -0.15) is 5.10 Å². The second-order valence-electron chi connectivity index (χ2n) is 6.01. The Hall–Kier alpha value is -3.62. The highest BCUT2D eigenvalue weighted by molar-refractivity contribution is 6.44. The Morgan fingerprint density at radius 1 is 1.15 bits per heavy atom. The summed E-state index contributed by atoms with van der Waals surface area (Å²) in [4.78, 5) is 24.3. The normalized spacial score (nSPS) is 17.6. The van der Waals surface area contributed by atoms with E-state index in [0.717, 1.165) is 0 Å². The number of anilines is 2. The molecule has 0 unspecified atom stereocenters. The molecule has 0 spiro atoms. The van der Waals surface area contributed by atoms with Gasteiger partial charge in [0.1, 0.15) is 17.6 Å². The van der Waals surface area contributed by atoms with Gasteiger partial charge >= 0.3 is 0 Å². The molecule has 0 bridgehead atoms. The van der Waals surface area contributed by atoms with Crippen LogP contribution in [0.1, 0.15) is 6.42 Å². The maximum Gasteiger partial charge on any atom is 0.271 e. The van der Waals surface area contributed by atoms with Gasteiger partial charge in [0.15, 0.2) is 11.5 Å². The Labute approximate surface area is 153 Å². The molecule has 0 radical (unpaired) electrons. The second kappa shape index (κ2) is 6.60. The van der Waals surface area contributed by atoms with Crippen molar-refractivity contribution in [1.29, 1.82) is 0 Å². The van der Waals surface area contributed by atoms with E-state index < -0.39 is 23.7 Å². The van der Waals surface area contributed by atoms with E-state index in [1.807, 2.05) is 0 Å². The van der Waals surface area contributed by atoms with Crippen LogP contribution in [0.4, 0.5) is 15.8 Å². The van der Waals surface area contributed by atoms with Crippen molar-refractivity contribution >= 4 is 28.9 Å². The zero-order chi connectivity index (χ0) is 19.0. The lowest BCUT2D eigenvalue weighted by Crippen LogP contribution is -2.39. The molecule has 1 atom stereocenters. The number of hydrogen-bond acceptors (Lipinski definition) is 6. The molecule has 2 amide bonds. The highest BCUT2D eigenvalue weighted by Gasteiger charge is 2.35. The number of carbonyl (C=O) groups excluding carboxylic acids is 2. The molecule has 2 aliphatic rings. The van der Waals surface area contributed by atoms with Crippen LogP contribution in [0, 0.1) is 5.82 Å². The molecule has 3 N–H and O–H groups in total. The lowest BCUT2D eigenvalue weighted by molar-refractivity contribution is -0.119. The number of amides is 2. The fraction of sp³-hybridized carbons (Fsp3) is 0.167. The van der Waals surface area contributed by atoms with Crippen molar-refractivity contribution in [3.63, 3.8) is 0 Å². The third-order valence-electron chi connectivity index (χ3n) is 4.22. The summed E-state index contributed by atoms with van der Waals surface area (Å²) >= 11 is 0. The molecule has 9 heteroatoms. The van der Waals surface area contributed by atoms with Crippen molar-refractivity contribution < 1.29 is 23.5 Å². The zero-order valence-electron chi connectivity index (χ0n) is 14.0. The summed E-state index contributed by atoms with van der Waals surface area (Å²) < 4.78 is 23.6. The van der Waals surface area contributed by atoms with Crippen molar-refractivity contribution in [3.05, 3.63) is 48.3 Å². The molecule has 2 aromatic rings. The minimum atomic E-state index is -0.826. The Morgan fingerprint density at radius 2 is 1.89 bits per heavy atom. The number of primary amides is 1. The number of halogens is 1. The first-order valence-electron chi connectivity index (χ1n) is 8.14. The number of hydrazone groups is 1. The maximum absolute atomic E-state index is 13.1. The molecule has 0 saturated heterocycles. The smallest absolute Gasteiger partial charge is 0.271 e. The van der Waals surface area contributed by atoms with E-state index in [-0.39, 0.29) is 18.9 Å². The van der Waals surface area contributed by atoms with E-state index in [0.29, 0.717) is 22.9 Å². The standard InChI is InChI=1S/C18H15FN4O4/c19-10-1-4-12(5-2-10)23-14(17(20)24)8-13(22-23)18(25)21-11-3-6-15-16(7-11)27-9-26-15/h1-7,14H,8-9H2,(H2,20,24)(H,21,25)/t14-/m1/s1. The van der Waals surface area contributed by atoms with Gasteiger partial charge in [-0.15, -0.1) is 0 Å². The highest BCUT2D eigenvalue weighted by atomic mass is 19.1. The van der Waals surface area contributed by atoms with Gasteiger partial charge in [-0.1, -0.05) is 0 Å². The topological polar surface area (TPSA) is 106 Å². The molecule has 0 fully saturated rings. The molecule has 0 aliphatic carbocycles. The van der Waals surface area contributed by atoms with Crippen LogP contribution in [0.5, 0.6) is 11.5 Å². The molecule has 138 valence electrons. The second-order valence-corrected chi connectivity index (χ2v) is 6.01. The van der Waals surface area contributed by atoms with Crippen LogP contribution in [0.2, 0.25) is 0 Å². The third kappa shape index (κ3) is 3.26. The van der Waals surface area contributed by atoms with Crippen molar-refractivity contribution in [2.45, 2.75) is 12.5 Å². The van der Waals surface area contributed by atoms with Crippen molar-refractivity contribution in [2.75, 3.05) is 17.1 Å². The fourth-order valence-corrected chi connectivity index (χ4v) is 2.88. The van der Waals surface area contributed by atoms with Gasteiger partial charge in [0.05, 0.1) is 5.69 Å². The molecule has 2 aromatic carbocycles.